The smallest absolute Gasteiger partial charge is 0.416 e. The van der Waals surface area contributed by atoms with Crippen LogP contribution in [0.3, 0.4) is 0 Å². The normalized spacial score (nSPS) is 24.2. The van der Waals surface area contributed by atoms with Crippen LogP contribution < -0.4 is 10.5 Å². The van der Waals surface area contributed by atoms with Crippen molar-refractivity contribution in [3.63, 3.8) is 0 Å². The zero-order valence-corrected chi connectivity index (χ0v) is 19.7. The van der Waals surface area contributed by atoms with Crippen molar-refractivity contribution in [2.45, 2.75) is 69.5 Å². The number of methoxy groups -OCH3 is 1. The third-order valence-electron chi connectivity index (χ3n) is 6.02. The summed E-state index contributed by atoms with van der Waals surface area (Å²) in [5.74, 6) is -0.165. The van der Waals surface area contributed by atoms with Crippen molar-refractivity contribution >= 4 is 5.91 Å². The fourth-order valence-corrected chi connectivity index (χ4v) is 4.25. The molecule has 1 fully saturated rings. The van der Waals surface area contributed by atoms with Crippen molar-refractivity contribution in [2.75, 3.05) is 7.11 Å². The van der Waals surface area contributed by atoms with Gasteiger partial charge in [0.15, 0.2) is 0 Å². The molecule has 0 saturated carbocycles. The Morgan fingerprint density at radius 1 is 1.11 bits per heavy atom. The van der Waals surface area contributed by atoms with Crippen molar-refractivity contribution < 1.29 is 42.4 Å². The molecular weight excluding hydrogens is 467 g/mol. The highest BCUT2D eigenvalue weighted by Gasteiger charge is 2.50. The number of halogens is 3. The first kappa shape index (κ1) is 26.9. The third-order valence-corrected chi connectivity index (χ3v) is 6.02. The summed E-state index contributed by atoms with van der Waals surface area (Å²) in [4.78, 5) is 11.1. The molecule has 3 rings (SSSR count). The number of benzene rings is 2. The summed E-state index contributed by atoms with van der Waals surface area (Å²) in [5, 5.41) is 21.0. The number of alkyl halides is 3. The fraction of sp³-hybridized carbons (Fsp3) is 0.480. The van der Waals surface area contributed by atoms with E-state index in [0.29, 0.717) is 24.0 Å². The average molecular weight is 498 g/mol. The molecule has 0 aliphatic carbocycles. The second kappa shape index (κ2) is 10.5. The highest BCUT2D eigenvalue weighted by Crippen LogP contribution is 2.36. The zero-order chi connectivity index (χ0) is 26.0. The Morgan fingerprint density at radius 2 is 1.77 bits per heavy atom. The molecule has 0 spiro atoms. The number of ether oxygens (including phenoxy) is 3. The van der Waals surface area contributed by atoms with Crippen molar-refractivity contribution in [2.24, 2.45) is 5.73 Å². The van der Waals surface area contributed by atoms with Crippen LogP contribution in [-0.4, -0.2) is 53.4 Å². The minimum Gasteiger partial charge on any atom is -0.462 e. The van der Waals surface area contributed by atoms with Crippen LogP contribution in [0.5, 0.6) is 5.75 Å². The number of hydrogen-bond acceptors (Lipinski definition) is 6. The molecule has 35 heavy (non-hydrogen) atoms. The van der Waals surface area contributed by atoms with Gasteiger partial charge in [0.1, 0.15) is 24.1 Å². The minimum atomic E-state index is -4.46. The summed E-state index contributed by atoms with van der Waals surface area (Å²) in [6, 6.07) is 9.70. The minimum absolute atomic E-state index is 0.167. The van der Waals surface area contributed by atoms with E-state index in [1.165, 1.54) is 19.2 Å². The number of carbonyl (C=O) groups is 1. The number of aliphatic hydroxyl groups is 2. The van der Waals surface area contributed by atoms with E-state index in [1.54, 1.807) is 32.0 Å². The van der Waals surface area contributed by atoms with Gasteiger partial charge in [0.2, 0.25) is 12.2 Å². The van der Waals surface area contributed by atoms with Gasteiger partial charge in [0.05, 0.1) is 11.2 Å². The quantitative estimate of drug-likeness (QED) is 0.515. The largest absolute Gasteiger partial charge is 0.462 e. The molecule has 4 atom stereocenters. The van der Waals surface area contributed by atoms with Crippen LogP contribution in [-0.2, 0) is 26.9 Å². The molecule has 2 aromatic carbocycles. The van der Waals surface area contributed by atoms with E-state index in [9.17, 15) is 28.2 Å². The molecular formula is C25H30F3NO6. The zero-order valence-electron chi connectivity index (χ0n) is 19.7. The van der Waals surface area contributed by atoms with Gasteiger partial charge in [0.25, 0.3) is 0 Å². The Morgan fingerprint density at radius 3 is 2.34 bits per heavy atom. The topological polar surface area (TPSA) is 111 Å². The molecule has 1 heterocycles. The van der Waals surface area contributed by atoms with Crippen molar-refractivity contribution in [3.8, 4) is 16.9 Å². The van der Waals surface area contributed by atoms with Crippen LogP contribution in [0, 0.1) is 0 Å². The van der Waals surface area contributed by atoms with Gasteiger partial charge in [-0.25, -0.2) is 0 Å². The van der Waals surface area contributed by atoms with Gasteiger partial charge in [-0.3, -0.25) is 4.79 Å². The highest BCUT2D eigenvalue weighted by molar-refractivity contribution is 5.74. The lowest BCUT2D eigenvalue weighted by Crippen LogP contribution is -2.63. The predicted molar refractivity (Wildman–Crippen MR) is 121 cm³/mol. The standard InChI is InChI=1S/C25H30F3NO6/c1-24(2)22(33-3)20(31)21(32)23(35-24)34-17-12-9-14(5-4-6-19(29)30)18(13-17)15-7-10-16(11-8-15)25(26,27)28/h7-13,20-23,31-32H,4-6H2,1-3H3,(H2,29,30)/t20-,21+,22+,23?/m0/s1. The van der Waals surface area contributed by atoms with Gasteiger partial charge >= 0.3 is 6.18 Å². The van der Waals surface area contributed by atoms with Crippen LogP contribution in [0.15, 0.2) is 42.5 Å². The number of rotatable bonds is 8. The number of aliphatic hydroxyl groups excluding tert-OH is 2. The maximum absolute atomic E-state index is 13.0. The van der Waals surface area contributed by atoms with Gasteiger partial charge < -0.3 is 30.2 Å². The lowest BCUT2D eigenvalue weighted by molar-refractivity contribution is -0.305. The number of hydrogen-bond donors (Lipinski definition) is 3. The van der Waals surface area contributed by atoms with Crippen LogP contribution in [0.25, 0.3) is 11.1 Å². The first-order valence-electron chi connectivity index (χ1n) is 11.2. The molecule has 0 radical (unpaired) electrons. The number of primary amides is 1. The Balaban J connectivity index is 1.91. The molecule has 0 bridgehead atoms. The summed E-state index contributed by atoms with van der Waals surface area (Å²) in [5.41, 5.74) is 5.38. The fourth-order valence-electron chi connectivity index (χ4n) is 4.25. The Hall–Kier alpha value is -2.66. The van der Waals surface area contributed by atoms with E-state index in [-0.39, 0.29) is 12.2 Å². The maximum Gasteiger partial charge on any atom is 0.416 e. The number of carbonyl (C=O) groups excluding carboxylic acids is 1. The maximum atomic E-state index is 13.0. The Labute approximate surface area is 201 Å². The second-order valence-electron chi connectivity index (χ2n) is 9.06. The van der Waals surface area contributed by atoms with Crippen LogP contribution in [0.1, 0.15) is 37.8 Å². The molecule has 1 saturated heterocycles. The molecule has 4 N–H and O–H groups in total. The van der Waals surface area contributed by atoms with Gasteiger partial charge in [-0.15, -0.1) is 0 Å². The van der Waals surface area contributed by atoms with Crippen molar-refractivity contribution in [3.05, 3.63) is 53.6 Å². The number of amides is 1. The van der Waals surface area contributed by atoms with Gasteiger partial charge in [0, 0.05) is 13.5 Å². The van der Waals surface area contributed by atoms with E-state index in [2.05, 4.69) is 0 Å². The molecule has 1 aliphatic heterocycles. The first-order chi connectivity index (χ1) is 16.3. The number of aryl methyl sites for hydroxylation is 1. The SMILES string of the molecule is CO[C@@H]1[C@@H](O)[C@@H](O)C(Oc2ccc(CCCC(N)=O)c(-c3ccc(C(F)(F)F)cc3)c2)OC1(C)C. The predicted octanol–water partition coefficient (Wildman–Crippen LogP) is 3.43. The molecule has 0 aromatic heterocycles. The molecule has 1 amide bonds. The summed E-state index contributed by atoms with van der Waals surface area (Å²) in [6.45, 7) is 3.39. The summed E-state index contributed by atoms with van der Waals surface area (Å²) >= 11 is 0. The first-order valence-corrected chi connectivity index (χ1v) is 11.2. The Kier molecular flexibility index (Phi) is 8.10. The number of nitrogens with two attached hydrogens (primary N) is 1. The Bertz CT molecular complexity index is 1020. The monoisotopic (exact) mass is 497 g/mol. The van der Waals surface area contributed by atoms with Crippen molar-refractivity contribution in [1.82, 2.24) is 0 Å². The van der Waals surface area contributed by atoms with Crippen LogP contribution in [0.4, 0.5) is 13.2 Å². The van der Waals surface area contributed by atoms with E-state index in [0.717, 1.165) is 17.7 Å². The summed E-state index contributed by atoms with van der Waals surface area (Å²) < 4.78 is 56.0. The molecule has 1 unspecified atom stereocenters. The average Bonchev–Trinajstić information content (AvgIpc) is 2.77. The molecule has 192 valence electrons. The second-order valence-corrected chi connectivity index (χ2v) is 9.06. The molecule has 7 nitrogen and oxygen atoms in total. The van der Waals surface area contributed by atoms with Gasteiger partial charge in [-0.05, 0) is 67.6 Å². The van der Waals surface area contributed by atoms with E-state index in [4.69, 9.17) is 19.9 Å². The highest BCUT2D eigenvalue weighted by atomic mass is 19.4. The van der Waals surface area contributed by atoms with E-state index < -0.39 is 47.8 Å². The summed E-state index contributed by atoms with van der Waals surface area (Å²) in [7, 11) is 1.40. The van der Waals surface area contributed by atoms with E-state index in [1.807, 2.05) is 0 Å². The van der Waals surface area contributed by atoms with Crippen molar-refractivity contribution in [1.29, 1.82) is 0 Å². The van der Waals surface area contributed by atoms with Crippen LogP contribution in [0.2, 0.25) is 0 Å². The molecule has 2 aromatic rings. The third kappa shape index (κ3) is 6.32. The lowest BCUT2D eigenvalue weighted by atomic mass is 9.89. The molecule has 10 heteroatoms. The lowest BCUT2D eigenvalue weighted by Gasteiger charge is -2.46. The van der Waals surface area contributed by atoms with E-state index >= 15 is 0 Å². The van der Waals surface area contributed by atoms with Gasteiger partial charge in [-0.2, -0.15) is 13.2 Å². The summed E-state index contributed by atoms with van der Waals surface area (Å²) in [6.07, 6.45) is -8.04. The molecule has 1 aliphatic rings. The van der Waals surface area contributed by atoms with Gasteiger partial charge in [-0.1, -0.05) is 18.2 Å². The van der Waals surface area contributed by atoms with Crippen LogP contribution >= 0.6 is 0 Å².